The summed E-state index contributed by atoms with van der Waals surface area (Å²) in [5.41, 5.74) is 3.40. The topological polar surface area (TPSA) is 44.5 Å². The molecule has 4 aromatic rings. The van der Waals surface area contributed by atoms with Crippen LogP contribution in [0.2, 0.25) is 0 Å². The molecule has 5 rings (SSSR count). The van der Waals surface area contributed by atoms with Crippen LogP contribution in [0.4, 0.5) is 21.6 Å². The molecule has 142 valence electrons. The second kappa shape index (κ2) is 6.80. The van der Waals surface area contributed by atoms with Crippen molar-refractivity contribution in [2.45, 2.75) is 0 Å². The highest BCUT2D eigenvalue weighted by Crippen LogP contribution is 2.31. The van der Waals surface area contributed by atoms with E-state index in [4.69, 9.17) is 4.42 Å². The minimum absolute atomic E-state index is 0.307. The summed E-state index contributed by atoms with van der Waals surface area (Å²) < 4.78 is 19.1. The maximum atomic E-state index is 13.4. The van der Waals surface area contributed by atoms with E-state index < -0.39 is 0 Å². The van der Waals surface area contributed by atoms with Crippen LogP contribution >= 0.6 is 0 Å². The maximum absolute atomic E-state index is 13.4. The van der Waals surface area contributed by atoms with Gasteiger partial charge in [-0.05, 0) is 49.5 Å². The van der Waals surface area contributed by atoms with E-state index in [9.17, 15) is 4.39 Å². The molecular weight excluding hydrogens is 355 g/mol. The second-order valence-corrected chi connectivity index (χ2v) is 7.27. The van der Waals surface area contributed by atoms with Crippen molar-refractivity contribution in [1.29, 1.82) is 0 Å². The first-order chi connectivity index (χ1) is 13.7. The Hall–Kier alpha value is -3.12. The lowest BCUT2D eigenvalue weighted by Crippen LogP contribution is -2.44. The van der Waals surface area contributed by atoms with Gasteiger partial charge >= 0.3 is 0 Å². The molecule has 5 nitrogen and oxygen atoms in total. The van der Waals surface area contributed by atoms with Crippen molar-refractivity contribution in [1.82, 2.24) is 9.88 Å². The number of rotatable bonds is 3. The number of hydrogen-bond acceptors (Lipinski definition) is 5. The van der Waals surface area contributed by atoms with Gasteiger partial charge in [-0.1, -0.05) is 0 Å². The number of aromatic nitrogens is 1. The Morgan fingerprint density at radius 2 is 1.71 bits per heavy atom. The van der Waals surface area contributed by atoms with Crippen molar-refractivity contribution in [3.8, 4) is 0 Å². The Labute approximate surface area is 162 Å². The molecule has 0 unspecified atom stereocenters. The van der Waals surface area contributed by atoms with Gasteiger partial charge in [-0.3, -0.25) is 0 Å². The SMILES string of the molecule is CN1CCN(c2ccc(Nc3cc4c(cn3)oc3cc(F)ccc34)cc2)CC1. The van der Waals surface area contributed by atoms with Crippen LogP contribution in [-0.2, 0) is 0 Å². The first kappa shape index (κ1) is 17.0. The number of anilines is 3. The number of likely N-dealkylation sites (N-methyl/N-ethyl adjacent to an activating group) is 1. The molecule has 0 radical (unpaired) electrons. The number of benzene rings is 2. The third-order valence-electron chi connectivity index (χ3n) is 5.33. The van der Waals surface area contributed by atoms with Gasteiger partial charge in [0.15, 0.2) is 5.58 Å². The molecule has 0 atom stereocenters. The van der Waals surface area contributed by atoms with Gasteiger partial charge in [0, 0.05) is 54.4 Å². The average Bonchev–Trinajstić information content (AvgIpc) is 3.06. The van der Waals surface area contributed by atoms with Crippen LogP contribution in [0.3, 0.4) is 0 Å². The van der Waals surface area contributed by atoms with Crippen LogP contribution in [0.25, 0.3) is 21.9 Å². The van der Waals surface area contributed by atoms with Crippen molar-refractivity contribution in [2.75, 3.05) is 43.4 Å². The highest BCUT2D eigenvalue weighted by Gasteiger charge is 2.14. The van der Waals surface area contributed by atoms with Crippen molar-refractivity contribution < 1.29 is 8.81 Å². The Morgan fingerprint density at radius 3 is 2.50 bits per heavy atom. The highest BCUT2D eigenvalue weighted by atomic mass is 19.1. The molecule has 0 aliphatic carbocycles. The third-order valence-corrected chi connectivity index (χ3v) is 5.33. The molecule has 28 heavy (non-hydrogen) atoms. The monoisotopic (exact) mass is 376 g/mol. The quantitative estimate of drug-likeness (QED) is 0.565. The maximum Gasteiger partial charge on any atom is 0.153 e. The Bertz CT molecular complexity index is 1130. The average molecular weight is 376 g/mol. The Morgan fingerprint density at radius 1 is 0.929 bits per heavy atom. The lowest BCUT2D eigenvalue weighted by molar-refractivity contribution is 0.313. The van der Waals surface area contributed by atoms with E-state index in [1.54, 1.807) is 12.3 Å². The zero-order chi connectivity index (χ0) is 19.1. The number of pyridine rings is 1. The van der Waals surface area contributed by atoms with Crippen LogP contribution in [0.1, 0.15) is 0 Å². The van der Waals surface area contributed by atoms with Crippen LogP contribution in [0.5, 0.6) is 0 Å². The van der Waals surface area contributed by atoms with Crippen molar-refractivity contribution in [3.63, 3.8) is 0 Å². The van der Waals surface area contributed by atoms with Crippen LogP contribution < -0.4 is 10.2 Å². The zero-order valence-corrected chi connectivity index (χ0v) is 15.7. The molecule has 0 spiro atoms. The minimum Gasteiger partial charge on any atom is -0.454 e. The summed E-state index contributed by atoms with van der Waals surface area (Å²) >= 11 is 0. The van der Waals surface area contributed by atoms with Gasteiger partial charge in [0.05, 0.1) is 6.20 Å². The number of hydrogen-bond donors (Lipinski definition) is 1. The molecule has 0 amide bonds. The van der Waals surface area contributed by atoms with Gasteiger partial charge in [0.25, 0.3) is 0 Å². The molecule has 1 saturated heterocycles. The highest BCUT2D eigenvalue weighted by molar-refractivity contribution is 6.05. The first-order valence-corrected chi connectivity index (χ1v) is 9.44. The standard InChI is InChI=1S/C22H21FN4O/c1-26-8-10-27(11-9-26)17-5-3-16(4-6-17)25-22-13-19-18-7-2-15(23)12-20(18)28-21(19)14-24-22/h2-7,12-14H,8-11H2,1H3,(H,24,25). The van der Waals surface area contributed by atoms with Gasteiger partial charge in [0.1, 0.15) is 17.2 Å². The molecule has 3 heterocycles. The molecule has 0 saturated carbocycles. The fraction of sp³-hybridized carbons (Fsp3) is 0.227. The number of piperazine rings is 1. The van der Waals surface area contributed by atoms with E-state index in [-0.39, 0.29) is 5.82 Å². The van der Waals surface area contributed by atoms with E-state index in [0.29, 0.717) is 11.2 Å². The number of nitrogens with zero attached hydrogens (tertiary/aromatic N) is 3. The Kier molecular flexibility index (Phi) is 4.13. The lowest BCUT2D eigenvalue weighted by atomic mass is 10.2. The number of furan rings is 1. The van der Waals surface area contributed by atoms with E-state index in [0.717, 1.165) is 48.5 Å². The van der Waals surface area contributed by atoms with Crippen LogP contribution in [0.15, 0.2) is 59.1 Å². The fourth-order valence-corrected chi connectivity index (χ4v) is 3.69. The summed E-state index contributed by atoms with van der Waals surface area (Å²) in [4.78, 5) is 9.18. The smallest absolute Gasteiger partial charge is 0.153 e. The summed E-state index contributed by atoms with van der Waals surface area (Å²) in [6.45, 7) is 4.28. The van der Waals surface area contributed by atoms with Gasteiger partial charge in [-0.25, -0.2) is 9.37 Å². The summed E-state index contributed by atoms with van der Waals surface area (Å²) in [6.07, 6.45) is 1.67. The number of halogens is 1. The van der Waals surface area contributed by atoms with Gasteiger partial charge in [-0.15, -0.1) is 0 Å². The van der Waals surface area contributed by atoms with Crippen molar-refractivity contribution in [2.24, 2.45) is 0 Å². The summed E-state index contributed by atoms with van der Waals surface area (Å²) in [6, 6.07) is 15.0. The summed E-state index contributed by atoms with van der Waals surface area (Å²) in [5.74, 6) is 0.421. The zero-order valence-electron chi connectivity index (χ0n) is 15.7. The molecule has 2 aromatic carbocycles. The first-order valence-electron chi connectivity index (χ1n) is 9.44. The molecule has 0 bridgehead atoms. The van der Waals surface area contributed by atoms with Crippen molar-refractivity contribution in [3.05, 3.63) is 60.5 Å². The fourth-order valence-electron chi connectivity index (χ4n) is 3.69. The minimum atomic E-state index is -0.307. The van der Waals surface area contributed by atoms with Crippen molar-refractivity contribution >= 4 is 39.1 Å². The number of nitrogens with one attached hydrogen (secondary N) is 1. The largest absolute Gasteiger partial charge is 0.454 e. The van der Waals surface area contributed by atoms with Crippen LogP contribution in [-0.4, -0.2) is 43.1 Å². The molecule has 1 aliphatic heterocycles. The molecule has 1 fully saturated rings. The van der Waals surface area contributed by atoms with Gasteiger partial charge in [0.2, 0.25) is 0 Å². The van der Waals surface area contributed by atoms with Crippen LogP contribution in [0, 0.1) is 5.82 Å². The van der Waals surface area contributed by atoms with E-state index in [1.165, 1.54) is 17.8 Å². The molecule has 2 aromatic heterocycles. The predicted molar refractivity (Wildman–Crippen MR) is 111 cm³/mol. The molecule has 6 heteroatoms. The summed E-state index contributed by atoms with van der Waals surface area (Å²) in [5, 5.41) is 5.15. The lowest BCUT2D eigenvalue weighted by Gasteiger charge is -2.34. The third kappa shape index (κ3) is 3.16. The predicted octanol–water partition coefficient (Wildman–Crippen LogP) is 4.62. The molecular formula is C22H21FN4O. The molecule has 1 aliphatic rings. The summed E-state index contributed by atoms with van der Waals surface area (Å²) in [7, 11) is 2.16. The normalized spacial score (nSPS) is 15.4. The molecule has 1 N–H and O–H groups in total. The van der Waals surface area contributed by atoms with Gasteiger partial charge < -0.3 is 19.5 Å². The Balaban J connectivity index is 1.38. The number of fused-ring (bicyclic) bond motifs is 3. The van der Waals surface area contributed by atoms with Gasteiger partial charge in [-0.2, -0.15) is 0 Å². The van der Waals surface area contributed by atoms with E-state index in [2.05, 4.69) is 51.4 Å². The van der Waals surface area contributed by atoms with E-state index >= 15 is 0 Å². The van der Waals surface area contributed by atoms with E-state index in [1.807, 2.05) is 6.07 Å². The second-order valence-electron chi connectivity index (χ2n) is 7.27.